The molecule has 2 heterocycles. The first-order chi connectivity index (χ1) is 9.60. The van der Waals surface area contributed by atoms with Gasteiger partial charge in [-0.15, -0.1) is 0 Å². The van der Waals surface area contributed by atoms with Crippen LogP contribution in [0.2, 0.25) is 0 Å². The molecule has 2 aromatic rings. The second-order valence-corrected chi connectivity index (χ2v) is 3.85. The average Bonchev–Trinajstić information content (AvgIpc) is 2.84. The lowest BCUT2D eigenvalue weighted by molar-refractivity contribution is -0.385. The molecular weight excluding hydrogens is 264 g/mol. The predicted octanol–water partition coefficient (Wildman–Crippen LogP) is 1.21. The van der Waals surface area contributed by atoms with Gasteiger partial charge in [0.15, 0.2) is 5.82 Å². The summed E-state index contributed by atoms with van der Waals surface area (Å²) < 4.78 is 4.93. The van der Waals surface area contributed by atoms with E-state index in [1.807, 2.05) is 0 Å². The predicted molar refractivity (Wildman–Crippen MR) is 66.8 cm³/mol. The van der Waals surface area contributed by atoms with Gasteiger partial charge in [0.05, 0.1) is 4.92 Å². The molecule has 0 saturated heterocycles. The number of nitrogens with one attached hydrogen (secondary N) is 1. The number of anilines is 1. The molecule has 9 nitrogen and oxygen atoms in total. The Balaban J connectivity index is 2.00. The number of pyridine rings is 1. The Kier molecular flexibility index (Phi) is 3.85. The van der Waals surface area contributed by atoms with E-state index >= 15 is 0 Å². The highest BCUT2D eigenvalue weighted by molar-refractivity contribution is 5.50. The molecule has 20 heavy (non-hydrogen) atoms. The van der Waals surface area contributed by atoms with Crippen molar-refractivity contribution < 1.29 is 9.45 Å². The monoisotopic (exact) mass is 274 g/mol. The van der Waals surface area contributed by atoms with E-state index < -0.39 is 4.92 Å². The molecule has 0 atom stereocenters. The fourth-order valence-electron chi connectivity index (χ4n) is 1.52. The minimum Gasteiger partial charge on any atom is -0.370 e. The molecule has 0 unspecified atom stereocenters. The number of hydrogen-bond donors (Lipinski definition) is 1. The van der Waals surface area contributed by atoms with Gasteiger partial charge >= 0.3 is 5.69 Å². The van der Waals surface area contributed by atoms with Gasteiger partial charge in [0.25, 0.3) is 0 Å². The molecule has 2 aromatic heterocycles. The first kappa shape index (κ1) is 13.4. The second-order valence-electron chi connectivity index (χ2n) is 3.85. The minimum absolute atomic E-state index is 0.228. The van der Waals surface area contributed by atoms with Crippen LogP contribution in [0.25, 0.3) is 0 Å². The smallest absolute Gasteiger partial charge is 0.305 e. The van der Waals surface area contributed by atoms with Crippen LogP contribution in [0.3, 0.4) is 0 Å². The van der Waals surface area contributed by atoms with E-state index in [1.165, 1.54) is 12.1 Å². The summed E-state index contributed by atoms with van der Waals surface area (Å²) >= 11 is 0. The van der Waals surface area contributed by atoms with Gasteiger partial charge in [0.1, 0.15) is 11.9 Å². The van der Waals surface area contributed by atoms with E-state index in [0.29, 0.717) is 30.5 Å². The molecule has 1 N–H and O–H groups in total. The Morgan fingerprint density at radius 2 is 2.30 bits per heavy atom. The third-order valence-electron chi connectivity index (χ3n) is 2.39. The molecule has 0 fully saturated rings. The molecule has 0 saturated carbocycles. The van der Waals surface area contributed by atoms with Crippen LogP contribution in [0.1, 0.15) is 17.4 Å². The van der Waals surface area contributed by atoms with Gasteiger partial charge in [-0.1, -0.05) is 5.16 Å². The summed E-state index contributed by atoms with van der Waals surface area (Å²) in [4.78, 5) is 17.9. The van der Waals surface area contributed by atoms with Crippen LogP contribution in [0.15, 0.2) is 16.7 Å². The summed E-state index contributed by atoms with van der Waals surface area (Å²) in [7, 11) is 0. The first-order valence-corrected chi connectivity index (χ1v) is 5.68. The van der Waals surface area contributed by atoms with Gasteiger partial charge in [-0.05, 0) is 13.0 Å². The van der Waals surface area contributed by atoms with Gasteiger partial charge in [0.2, 0.25) is 11.6 Å². The van der Waals surface area contributed by atoms with Crippen molar-refractivity contribution in [1.29, 1.82) is 5.26 Å². The van der Waals surface area contributed by atoms with E-state index in [4.69, 9.17) is 9.78 Å². The van der Waals surface area contributed by atoms with Gasteiger partial charge in [-0.25, -0.2) is 4.98 Å². The van der Waals surface area contributed by atoms with Crippen LogP contribution in [0, 0.1) is 28.4 Å². The van der Waals surface area contributed by atoms with E-state index in [1.54, 1.807) is 13.0 Å². The van der Waals surface area contributed by atoms with Crippen molar-refractivity contribution in [2.75, 3.05) is 11.9 Å². The Morgan fingerprint density at radius 1 is 1.50 bits per heavy atom. The van der Waals surface area contributed by atoms with E-state index in [-0.39, 0.29) is 11.4 Å². The molecule has 0 radical (unpaired) electrons. The Hall–Kier alpha value is -3.02. The largest absolute Gasteiger partial charge is 0.370 e. The molecule has 0 aromatic carbocycles. The summed E-state index contributed by atoms with van der Waals surface area (Å²) in [6.07, 6.45) is 0.487. The third kappa shape index (κ3) is 3.05. The maximum absolute atomic E-state index is 10.7. The second kappa shape index (κ2) is 5.75. The van der Waals surface area contributed by atoms with Crippen molar-refractivity contribution >= 4 is 11.5 Å². The van der Waals surface area contributed by atoms with Crippen LogP contribution >= 0.6 is 0 Å². The SMILES string of the molecule is Cc1noc(CCNc2ccc([N+](=O)[O-])c(C#N)n2)n1. The molecule has 0 amide bonds. The van der Waals surface area contributed by atoms with Gasteiger partial charge in [-0.3, -0.25) is 10.1 Å². The number of rotatable bonds is 5. The standard InChI is InChI=1S/C11H10N6O3/c1-7-14-11(20-16-7)4-5-13-10-3-2-9(17(18)19)8(6-12)15-10/h2-3H,4-5H2,1H3,(H,13,15). The minimum atomic E-state index is -0.642. The lowest BCUT2D eigenvalue weighted by Crippen LogP contribution is -2.07. The number of aromatic nitrogens is 3. The van der Waals surface area contributed by atoms with Crippen LogP contribution in [-0.2, 0) is 6.42 Å². The fourth-order valence-corrected chi connectivity index (χ4v) is 1.52. The Labute approximate surface area is 113 Å². The highest BCUT2D eigenvalue weighted by atomic mass is 16.6. The van der Waals surface area contributed by atoms with Crippen LogP contribution in [0.4, 0.5) is 11.5 Å². The Morgan fingerprint density at radius 3 is 2.90 bits per heavy atom. The summed E-state index contributed by atoms with van der Waals surface area (Å²) in [5.41, 5.74) is -0.542. The van der Waals surface area contributed by atoms with Crippen LogP contribution in [-0.4, -0.2) is 26.6 Å². The van der Waals surface area contributed by atoms with Crippen molar-refractivity contribution in [3.63, 3.8) is 0 Å². The fraction of sp³-hybridized carbons (Fsp3) is 0.273. The summed E-state index contributed by atoms with van der Waals surface area (Å²) in [6, 6.07) is 4.38. The highest BCUT2D eigenvalue weighted by Crippen LogP contribution is 2.17. The third-order valence-corrected chi connectivity index (χ3v) is 2.39. The quantitative estimate of drug-likeness (QED) is 0.635. The zero-order chi connectivity index (χ0) is 14.5. The Bertz CT molecular complexity index is 675. The normalized spacial score (nSPS) is 10.0. The zero-order valence-electron chi connectivity index (χ0n) is 10.5. The number of hydrogen-bond acceptors (Lipinski definition) is 8. The van der Waals surface area contributed by atoms with Crippen molar-refractivity contribution in [3.8, 4) is 6.07 Å². The first-order valence-electron chi connectivity index (χ1n) is 5.68. The van der Waals surface area contributed by atoms with Gasteiger partial charge in [-0.2, -0.15) is 10.2 Å². The summed E-state index contributed by atoms with van der Waals surface area (Å²) in [6.45, 7) is 2.18. The lowest BCUT2D eigenvalue weighted by Gasteiger charge is -2.03. The van der Waals surface area contributed by atoms with Gasteiger partial charge < -0.3 is 9.84 Å². The molecule has 102 valence electrons. The molecule has 0 aliphatic carbocycles. The van der Waals surface area contributed by atoms with Crippen molar-refractivity contribution in [2.24, 2.45) is 0 Å². The van der Waals surface area contributed by atoms with Crippen LogP contribution in [0.5, 0.6) is 0 Å². The lowest BCUT2D eigenvalue weighted by atomic mass is 10.3. The van der Waals surface area contributed by atoms with Crippen molar-refractivity contribution in [3.05, 3.63) is 39.7 Å². The summed E-state index contributed by atoms with van der Waals surface area (Å²) in [5.74, 6) is 1.42. The molecule has 0 spiro atoms. The topological polar surface area (TPSA) is 131 Å². The number of nitrogens with zero attached hydrogens (tertiary/aromatic N) is 5. The maximum atomic E-state index is 10.7. The molecule has 0 bridgehead atoms. The van der Waals surface area contributed by atoms with E-state index in [0.717, 1.165) is 0 Å². The maximum Gasteiger partial charge on any atom is 0.305 e. The average molecular weight is 274 g/mol. The van der Waals surface area contributed by atoms with Crippen molar-refractivity contribution in [1.82, 2.24) is 15.1 Å². The molecule has 2 rings (SSSR count). The number of aryl methyl sites for hydroxylation is 1. The van der Waals surface area contributed by atoms with Crippen LogP contribution < -0.4 is 5.32 Å². The zero-order valence-corrected chi connectivity index (χ0v) is 10.5. The van der Waals surface area contributed by atoms with E-state index in [9.17, 15) is 10.1 Å². The number of nitriles is 1. The van der Waals surface area contributed by atoms with E-state index in [2.05, 4.69) is 20.4 Å². The molecule has 9 heteroatoms. The van der Waals surface area contributed by atoms with Crippen molar-refractivity contribution in [2.45, 2.75) is 13.3 Å². The molecule has 0 aliphatic rings. The van der Waals surface area contributed by atoms with Gasteiger partial charge in [0, 0.05) is 19.0 Å². The summed E-state index contributed by atoms with van der Waals surface area (Å²) in [5, 5.41) is 26.1. The molecule has 0 aliphatic heterocycles. The highest BCUT2D eigenvalue weighted by Gasteiger charge is 2.15. The molecular formula is C11H10N6O3. The number of nitro groups is 1.